The van der Waals surface area contributed by atoms with Crippen LogP contribution in [0, 0.1) is 0 Å². The van der Waals surface area contributed by atoms with Gasteiger partial charge in [0.25, 0.3) is 0 Å². The van der Waals surface area contributed by atoms with Gasteiger partial charge in [-0.3, -0.25) is 4.79 Å². The number of hydrogen-bond acceptors (Lipinski definition) is 4. The van der Waals surface area contributed by atoms with Crippen LogP contribution in [-0.4, -0.2) is 46.6 Å². The molecule has 0 heterocycles. The van der Waals surface area contributed by atoms with Gasteiger partial charge in [-0.05, 0) is 12.1 Å². The van der Waals surface area contributed by atoms with Gasteiger partial charge in [0.15, 0.2) is 5.75 Å². The summed E-state index contributed by atoms with van der Waals surface area (Å²) in [6.45, 7) is -0.300. The molecule has 0 radical (unpaired) electrons. The SMILES string of the molecule is CN(CC(N)=O)C(=O)Nc1cccc(C(=O)O)c1O. The Kier molecular flexibility index (Phi) is 4.30. The second-order valence-electron chi connectivity index (χ2n) is 3.76. The van der Waals surface area contributed by atoms with Crippen LogP contribution in [0.2, 0.25) is 0 Å². The molecule has 0 aromatic heterocycles. The molecule has 0 saturated carbocycles. The lowest BCUT2D eigenvalue weighted by Crippen LogP contribution is -2.38. The van der Waals surface area contributed by atoms with Crippen LogP contribution in [0.1, 0.15) is 10.4 Å². The number of benzene rings is 1. The van der Waals surface area contributed by atoms with Gasteiger partial charge in [-0.25, -0.2) is 9.59 Å². The van der Waals surface area contributed by atoms with Crippen LogP contribution >= 0.6 is 0 Å². The number of carbonyl (C=O) groups is 3. The lowest BCUT2D eigenvalue weighted by Gasteiger charge is -2.16. The Labute approximate surface area is 108 Å². The number of likely N-dealkylation sites (N-methyl/N-ethyl adjacent to an activating group) is 1. The maximum absolute atomic E-state index is 11.6. The predicted molar refractivity (Wildman–Crippen MR) is 65.9 cm³/mol. The maximum atomic E-state index is 11.6. The van der Waals surface area contributed by atoms with Crippen LogP contribution < -0.4 is 11.1 Å². The van der Waals surface area contributed by atoms with Crippen molar-refractivity contribution in [1.29, 1.82) is 0 Å². The van der Waals surface area contributed by atoms with E-state index in [0.717, 1.165) is 4.90 Å². The quantitative estimate of drug-likeness (QED) is 0.571. The summed E-state index contributed by atoms with van der Waals surface area (Å²) < 4.78 is 0. The number of nitrogens with two attached hydrogens (primary N) is 1. The fraction of sp³-hybridized carbons (Fsp3) is 0.182. The third-order valence-corrected chi connectivity index (χ3v) is 2.25. The molecule has 1 aromatic rings. The van der Waals surface area contributed by atoms with Crippen molar-refractivity contribution in [3.63, 3.8) is 0 Å². The molecule has 0 unspecified atom stereocenters. The zero-order valence-electron chi connectivity index (χ0n) is 10.1. The number of anilines is 1. The number of nitrogens with zero attached hydrogens (tertiary/aromatic N) is 1. The van der Waals surface area contributed by atoms with Gasteiger partial charge in [-0.1, -0.05) is 6.07 Å². The number of rotatable bonds is 4. The van der Waals surface area contributed by atoms with Crippen LogP contribution in [-0.2, 0) is 4.79 Å². The van der Waals surface area contributed by atoms with Gasteiger partial charge in [0, 0.05) is 7.05 Å². The van der Waals surface area contributed by atoms with E-state index in [9.17, 15) is 19.5 Å². The average Bonchev–Trinajstić information content (AvgIpc) is 2.30. The molecule has 0 fully saturated rings. The van der Waals surface area contributed by atoms with Crippen molar-refractivity contribution in [2.45, 2.75) is 0 Å². The van der Waals surface area contributed by atoms with E-state index in [2.05, 4.69) is 5.32 Å². The highest BCUT2D eigenvalue weighted by Gasteiger charge is 2.16. The average molecular weight is 267 g/mol. The largest absolute Gasteiger partial charge is 0.505 e. The zero-order valence-corrected chi connectivity index (χ0v) is 10.1. The normalized spacial score (nSPS) is 9.74. The Morgan fingerprint density at radius 2 is 2.00 bits per heavy atom. The minimum atomic E-state index is -1.32. The summed E-state index contributed by atoms with van der Waals surface area (Å²) in [6.07, 6.45) is 0. The highest BCUT2D eigenvalue weighted by molar-refractivity contribution is 5.98. The third-order valence-electron chi connectivity index (χ3n) is 2.25. The molecule has 8 nitrogen and oxygen atoms in total. The van der Waals surface area contributed by atoms with Crippen LogP contribution in [0.25, 0.3) is 0 Å². The molecular weight excluding hydrogens is 254 g/mol. The minimum Gasteiger partial charge on any atom is -0.505 e. The molecule has 0 spiro atoms. The van der Waals surface area contributed by atoms with Crippen molar-refractivity contribution in [1.82, 2.24) is 4.90 Å². The molecule has 102 valence electrons. The van der Waals surface area contributed by atoms with Crippen molar-refractivity contribution in [3.05, 3.63) is 23.8 Å². The van der Waals surface area contributed by atoms with Crippen molar-refractivity contribution >= 4 is 23.6 Å². The van der Waals surface area contributed by atoms with E-state index in [1.165, 1.54) is 25.2 Å². The maximum Gasteiger partial charge on any atom is 0.339 e. The van der Waals surface area contributed by atoms with Crippen molar-refractivity contribution < 1.29 is 24.6 Å². The molecule has 0 aliphatic rings. The standard InChI is InChI=1S/C11H13N3O5/c1-14(5-8(12)15)11(19)13-7-4-2-3-6(9(7)16)10(17)18/h2-4,16H,5H2,1H3,(H2,12,15)(H,13,19)(H,17,18). The molecule has 0 bridgehead atoms. The summed E-state index contributed by atoms with van der Waals surface area (Å²) in [7, 11) is 1.33. The molecule has 1 aromatic carbocycles. The second kappa shape index (κ2) is 5.71. The number of phenols is 1. The van der Waals surface area contributed by atoms with Gasteiger partial charge >= 0.3 is 12.0 Å². The number of primary amides is 1. The number of hydrogen-bond donors (Lipinski definition) is 4. The highest BCUT2D eigenvalue weighted by atomic mass is 16.4. The van der Waals surface area contributed by atoms with Crippen LogP contribution in [0.4, 0.5) is 10.5 Å². The summed E-state index contributed by atoms with van der Waals surface area (Å²) in [5, 5.41) is 20.8. The van der Waals surface area contributed by atoms with E-state index in [1.807, 2.05) is 0 Å². The van der Waals surface area contributed by atoms with E-state index in [-0.39, 0.29) is 17.8 Å². The Bertz CT molecular complexity index is 529. The number of aromatic carboxylic acids is 1. The lowest BCUT2D eigenvalue weighted by molar-refractivity contribution is -0.118. The van der Waals surface area contributed by atoms with Gasteiger partial charge < -0.3 is 26.2 Å². The second-order valence-corrected chi connectivity index (χ2v) is 3.76. The molecular formula is C11H13N3O5. The van der Waals surface area contributed by atoms with Gasteiger partial charge in [0.05, 0.1) is 5.69 Å². The monoisotopic (exact) mass is 267 g/mol. The van der Waals surface area contributed by atoms with Gasteiger partial charge in [0.1, 0.15) is 12.1 Å². The first-order valence-electron chi connectivity index (χ1n) is 5.18. The van der Waals surface area contributed by atoms with Crippen molar-refractivity contribution in [3.8, 4) is 5.75 Å². The van der Waals surface area contributed by atoms with Crippen molar-refractivity contribution in [2.24, 2.45) is 5.73 Å². The first-order chi connectivity index (χ1) is 8.82. The fourth-order valence-corrected chi connectivity index (χ4v) is 1.33. The Morgan fingerprint density at radius 1 is 1.37 bits per heavy atom. The van der Waals surface area contributed by atoms with Gasteiger partial charge in [-0.15, -0.1) is 0 Å². The number of nitrogens with one attached hydrogen (secondary N) is 1. The molecule has 0 saturated heterocycles. The van der Waals surface area contributed by atoms with E-state index in [1.54, 1.807) is 0 Å². The predicted octanol–water partition coefficient (Wildman–Crippen LogP) is 0.0394. The highest BCUT2D eigenvalue weighted by Crippen LogP contribution is 2.27. The number of amides is 3. The number of para-hydroxylation sites is 1. The van der Waals surface area contributed by atoms with Crippen LogP contribution in [0.15, 0.2) is 18.2 Å². The van der Waals surface area contributed by atoms with Crippen molar-refractivity contribution in [2.75, 3.05) is 18.9 Å². The van der Waals surface area contributed by atoms with E-state index >= 15 is 0 Å². The van der Waals surface area contributed by atoms with Gasteiger partial charge in [-0.2, -0.15) is 0 Å². The molecule has 3 amide bonds. The van der Waals surface area contributed by atoms with Crippen LogP contribution in [0.5, 0.6) is 5.75 Å². The fourth-order valence-electron chi connectivity index (χ4n) is 1.33. The lowest BCUT2D eigenvalue weighted by atomic mass is 10.1. The van der Waals surface area contributed by atoms with Crippen LogP contribution in [0.3, 0.4) is 0 Å². The summed E-state index contributed by atoms with van der Waals surface area (Å²) in [5.41, 5.74) is 4.52. The topological polar surface area (TPSA) is 133 Å². The van der Waals surface area contributed by atoms with E-state index < -0.39 is 23.7 Å². The zero-order chi connectivity index (χ0) is 14.6. The van der Waals surface area contributed by atoms with Gasteiger partial charge in [0.2, 0.25) is 5.91 Å². The molecule has 0 aliphatic carbocycles. The Balaban J connectivity index is 2.88. The molecule has 5 N–H and O–H groups in total. The molecule has 1 rings (SSSR count). The Morgan fingerprint density at radius 3 is 2.53 bits per heavy atom. The molecule has 0 aliphatic heterocycles. The third kappa shape index (κ3) is 3.60. The minimum absolute atomic E-state index is 0.0683. The number of carboxylic acids is 1. The summed E-state index contributed by atoms with van der Waals surface area (Å²) in [4.78, 5) is 34.1. The summed E-state index contributed by atoms with van der Waals surface area (Å²) in [6, 6.07) is 3.20. The Hall–Kier alpha value is -2.77. The molecule has 8 heteroatoms. The smallest absolute Gasteiger partial charge is 0.339 e. The first kappa shape index (κ1) is 14.3. The number of aromatic hydroxyl groups is 1. The van der Waals surface area contributed by atoms with E-state index in [4.69, 9.17) is 10.8 Å². The number of carbonyl (C=O) groups excluding carboxylic acids is 2. The molecule has 19 heavy (non-hydrogen) atoms. The van der Waals surface area contributed by atoms with E-state index in [0.29, 0.717) is 0 Å². The number of urea groups is 1. The summed E-state index contributed by atoms with van der Waals surface area (Å²) >= 11 is 0. The summed E-state index contributed by atoms with van der Waals surface area (Å²) in [5.74, 6) is -2.57. The number of carboxylic acid groups (broad SMARTS) is 1. The first-order valence-corrected chi connectivity index (χ1v) is 5.18. The molecule has 0 atom stereocenters.